The largest absolute Gasteiger partial charge is 0.496 e. The van der Waals surface area contributed by atoms with E-state index in [1.54, 1.807) is 18.2 Å². The number of hydrogen-bond acceptors (Lipinski definition) is 2. The van der Waals surface area contributed by atoms with E-state index in [1.165, 1.54) is 25.3 Å². The second-order valence-electron chi connectivity index (χ2n) is 4.01. The highest BCUT2D eigenvalue weighted by Gasteiger charge is 2.19. The molecule has 100 valence electrons. The number of ether oxygens (including phenoxy) is 1. The lowest BCUT2D eigenvalue weighted by molar-refractivity contribution is 0.403. The highest BCUT2D eigenvalue weighted by molar-refractivity contribution is 9.10. The highest BCUT2D eigenvalue weighted by atomic mass is 79.9. The Morgan fingerprint density at radius 3 is 2.42 bits per heavy atom. The fourth-order valence-electron chi connectivity index (χ4n) is 1.86. The predicted molar refractivity (Wildman–Crippen MR) is 73.1 cm³/mol. The summed E-state index contributed by atoms with van der Waals surface area (Å²) >= 11 is 3.09. The topological polar surface area (TPSA) is 35.2 Å². The van der Waals surface area contributed by atoms with Gasteiger partial charge in [-0.05, 0) is 28.1 Å². The van der Waals surface area contributed by atoms with Crippen LogP contribution in [-0.2, 0) is 0 Å². The van der Waals surface area contributed by atoms with Crippen LogP contribution in [0.25, 0.3) is 0 Å². The Bertz CT molecular complexity index is 604. The zero-order valence-corrected chi connectivity index (χ0v) is 11.7. The minimum absolute atomic E-state index is 0.259. The first-order chi connectivity index (χ1) is 9.04. The first-order valence-electron chi connectivity index (χ1n) is 5.57. The third-order valence-corrected chi connectivity index (χ3v) is 3.46. The van der Waals surface area contributed by atoms with E-state index in [9.17, 15) is 8.78 Å². The molecule has 0 aliphatic carbocycles. The Morgan fingerprint density at radius 1 is 1.11 bits per heavy atom. The second kappa shape index (κ2) is 5.67. The molecule has 0 radical (unpaired) electrons. The molecule has 1 unspecified atom stereocenters. The van der Waals surface area contributed by atoms with Crippen molar-refractivity contribution < 1.29 is 13.5 Å². The van der Waals surface area contributed by atoms with Gasteiger partial charge in [-0.25, -0.2) is 8.78 Å². The Balaban J connectivity index is 2.52. The van der Waals surface area contributed by atoms with Crippen LogP contribution in [0.5, 0.6) is 5.75 Å². The Hall–Kier alpha value is -1.46. The van der Waals surface area contributed by atoms with Gasteiger partial charge in [0, 0.05) is 17.2 Å². The lowest BCUT2D eigenvalue weighted by Gasteiger charge is -2.17. The molecule has 0 saturated carbocycles. The molecule has 0 aliphatic heterocycles. The molecule has 0 heterocycles. The van der Waals surface area contributed by atoms with Gasteiger partial charge in [0.25, 0.3) is 0 Å². The number of halogens is 3. The lowest BCUT2D eigenvalue weighted by Crippen LogP contribution is -2.15. The maximum absolute atomic E-state index is 13.7. The van der Waals surface area contributed by atoms with Crippen molar-refractivity contribution >= 4 is 15.9 Å². The van der Waals surface area contributed by atoms with Gasteiger partial charge in [-0.15, -0.1) is 0 Å². The third kappa shape index (κ3) is 2.77. The average Bonchev–Trinajstić information content (AvgIpc) is 2.41. The van der Waals surface area contributed by atoms with Gasteiger partial charge in [-0.1, -0.05) is 18.2 Å². The van der Waals surface area contributed by atoms with E-state index in [-0.39, 0.29) is 10.2 Å². The Labute approximate surface area is 118 Å². The molecule has 2 rings (SSSR count). The van der Waals surface area contributed by atoms with Crippen LogP contribution < -0.4 is 10.5 Å². The molecule has 0 saturated heterocycles. The molecule has 2 aromatic carbocycles. The molecule has 0 spiro atoms. The lowest BCUT2D eigenvalue weighted by atomic mass is 9.98. The van der Waals surface area contributed by atoms with E-state index in [0.717, 1.165) is 0 Å². The fourth-order valence-corrected chi connectivity index (χ4v) is 2.22. The summed E-state index contributed by atoms with van der Waals surface area (Å²) in [5.41, 5.74) is 6.90. The summed E-state index contributed by atoms with van der Waals surface area (Å²) in [7, 11) is 1.42. The van der Waals surface area contributed by atoms with Crippen LogP contribution in [0.4, 0.5) is 8.78 Å². The Kier molecular flexibility index (Phi) is 4.17. The van der Waals surface area contributed by atoms with Crippen LogP contribution in [0.15, 0.2) is 40.9 Å². The first-order valence-corrected chi connectivity index (χ1v) is 6.37. The van der Waals surface area contributed by atoms with Crippen LogP contribution in [0.1, 0.15) is 17.2 Å². The van der Waals surface area contributed by atoms with E-state index < -0.39 is 17.7 Å². The highest BCUT2D eigenvalue weighted by Crippen LogP contribution is 2.33. The zero-order valence-electron chi connectivity index (χ0n) is 10.2. The van der Waals surface area contributed by atoms with Gasteiger partial charge in [0.2, 0.25) is 0 Å². The molecule has 2 aromatic rings. The minimum Gasteiger partial charge on any atom is -0.496 e. The van der Waals surface area contributed by atoms with E-state index in [1.807, 2.05) is 0 Å². The van der Waals surface area contributed by atoms with Gasteiger partial charge in [0.1, 0.15) is 17.4 Å². The molecule has 0 aromatic heterocycles. The van der Waals surface area contributed by atoms with Crippen LogP contribution in [0.3, 0.4) is 0 Å². The third-order valence-electron chi connectivity index (χ3n) is 2.85. The number of rotatable bonds is 3. The van der Waals surface area contributed by atoms with Crippen LogP contribution in [-0.4, -0.2) is 7.11 Å². The molecule has 19 heavy (non-hydrogen) atoms. The molecule has 0 fully saturated rings. The van der Waals surface area contributed by atoms with Gasteiger partial charge >= 0.3 is 0 Å². The fraction of sp³-hybridized carbons (Fsp3) is 0.143. The zero-order chi connectivity index (χ0) is 14.0. The standard InChI is InChI=1S/C14H12BrF2NO/c1-19-13-7-12(17)10(15)6-9(13)14(18)8-4-2-3-5-11(8)16/h2-7,14H,18H2,1H3. The molecule has 0 aliphatic rings. The molecule has 2 N–H and O–H groups in total. The average molecular weight is 328 g/mol. The molecule has 5 heteroatoms. The summed E-state index contributed by atoms with van der Waals surface area (Å²) in [5.74, 6) is -0.574. The van der Waals surface area contributed by atoms with E-state index in [0.29, 0.717) is 11.1 Å². The number of nitrogens with two attached hydrogens (primary N) is 1. The molecule has 1 atom stereocenters. The molecule has 0 bridgehead atoms. The van der Waals surface area contributed by atoms with E-state index in [2.05, 4.69) is 15.9 Å². The van der Waals surface area contributed by atoms with Crippen molar-refractivity contribution in [3.8, 4) is 5.75 Å². The predicted octanol–water partition coefficient (Wildman–Crippen LogP) is 3.78. The maximum Gasteiger partial charge on any atom is 0.141 e. The second-order valence-corrected chi connectivity index (χ2v) is 4.86. The molecular weight excluding hydrogens is 316 g/mol. The van der Waals surface area contributed by atoms with Crippen molar-refractivity contribution in [2.45, 2.75) is 6.04 Å². The summed E-state index contributed by atoms with van der Waals surface area (Å²) < 4.78 is 32.5. The van der Waals surface area contributed by atoms with Crippen LogP contribution >= 0.6 is 15.9 Å². The van der Waals surface area contributed by atoms with Gasteiger partial charge < -0.3 is 10.5 Å². The van der Waals surface area contributed by atoms with Gasteiger partial charge in [0.05, 0.1) is 17.6 Å². The number of benzene rings is 2. The summed E-state index contributed by atoms with van der Waals surface area (Å²) in [5, 5.41) is 0. The van der Waals surface area contributed by atoms with Crippen molar-refractivity contribution in [3.63, 3.8) is 0 Å². The van der Waals surface area contributed by atoms with E-state index >= 15 is 0 Å². The Morgan fingerprint density at radius 2 is 1.79 bits per heavy atom. The smallest absolute Gasteiger partial charge is 0.141 e. The van der Waals surface area contributed by atoms with Crippen LogP contribution in [0.2, 0.25) is 0 Å². The van der Waals surface area contributed by atoms with E-state index in [4.69, 9.17) is 10.5 Å². The van der Waals surface area contributed by atoms with Crippen molar-refractivity contribution in [2.75, 3.05) is 7.11 Å². The van der Waals surface area contributed by atoms with Gasteiger partial charge in [0.15, 0.2) is 0 Å². The van der Waals surface area contributed by atoms with Crippen LogP contribution in [0, 0.1) is 11.6 Å². The minimum atomic E-state index is -0.729. The summed E-state index contributed by atoms with van der Waals surface area (Å²) in [4.78, 5) is 0. The SMILES string of the molecule is COc1cc(F)c(Br)cc1C(N)c1ccccc1F. The summed E-state index contributed by atoms with van der Waals surface area (Å²) in [6, 6.07) is 8.21. The quantitative estimate of drug-likeness (QED) is 0.931. The van der Waals surface area contributed by atoms with Crippen molar-refractivity contribution in [1.82, 2.24) is 0 Å². The van der Waals surface area contributed by atoms with Crippen molar-refractivity contribution in [2.24, 2.45) is 5.73 Å². The molecule has 2 nitrogen and oxygen atoms in total. The number of hydrogen-bond donors (Lipinski definition) is 1. The maximum atomic E-state index is 13.7. The van der Waals surface area contributed by atoms with Gasteiger partial charge in [-0.2, -0.15) is 0 Å². The van der Waals surface area contributed by atoms with Gasteiger partial charge in [-0.3, -0.25) is 0 Å². The first kappa shape index (κ1) is 14.0. The van der Waals surface area contributed by atoms with Crippen molar-refractivity contribution in [3.05, 3.63) is 63.6 Å². The monoisotopic (exact) mass is 327 g/mol. The summed E-state index contributed by atoms with van der Waals surface area (Å²) in [6.07, 6.45) is 0. The summed E-state index contributed by atoms with van der Waals surface area (Å²) in [6.45, 7) is 0. The van der Waals surface area contributed by atoms with Crippen molar-refractivity contribution in [1.29, 1.82) is 0 Å². The molecule has 0 amide bonds. The normalized spacial score (nSPS) is 12.3. The molecular formula is C14H12BrF2NO. The number of methoxy groups -OCH3 is 1.